The molecule has 0 spiro atoms. The Bertz CT molecular complexity index is 1520. The van der Waals surface area contributed by atoms with Crippen molar-refractivity contribution in [3.05, 3.63) is 68.7 Å². The molecule has 0 radical (unpaired) electrons. The number of pyridine rings is 1. The lowest BCUT2D eigenvalue weighted by Gasteiger charge is -2.15. The van der Waals surface area contributed by atoms with E-state index in [1.807, 2.05) is 0 Å². The summed E-state index contributed by atoms with van der Waals surface area (Å²) in [6.45, 7) is 1.64. The zero-order valence-corrected chi connectivity index (χ0v) is 19.4. The number of rotatable bonds is 3. The Morgan fingerprint density at radius 1 is 1.17 bits per heavy atom. The first-order valence-electron chi connectivity index (χ1n) is 10.6. The quantitative estimate of drug-likeness (QED) is 0.387. The van der Waals surface area contributed by atoms with Crippen LogP contribution in [0, 0.1) is 30.0 Å². The van der Waals surface area contributed by atoms with Crippen molar-refractivity contribution in [3.8, 4) is 11.8 Å². The predicted octanol–water partition coefficient (Wildman–Crippen LogP) is 2.93. The van der Waals surface area contributed by atoms with Crippen LogP contribution in [-0.4, -0.2) is 24.5 Å². The Labute approximate surface area is 204 Å². The normalized spacial score (nSPS) is 12.6. The van der Waals surface area contributed by atoms with Gasteiger partial charge >= 0.3 is 0 Å². The Balaban J connectivity index is 0.000000221. The monoisotopic (exact) mass is 493 g/mol. The molecule has 6 N–H and O–H groups in total. The molecule has 1 aliphatic rings. The minimum absolute atomic E-state index is 0.0116. The third-order valence-electron chi connectivity index (χ3n) is 5.55. The summed E-state index contributed by atoms with van der Waals surface area (Å²) >= 11 is 6.22. The zero-order chi connectivity index (χ0) is 25.3. The number of nitriles is 1. The molecule has 1 aromatic carbocycles. The van der Waals surface area contributed by atoms with Crippen LogP contribution in [0.2, 0.25) is 5.02 Å². The lowest BCUT2D eigenvalue weighted by Crippen LogP contribution is -2.25. The molecular weight excluding hydrogens is 473 g/mol. The summed E-state index contributed by atoms with van der Waals surface area (Å²) in [5, 5.41) is 9.15. The van der Waals surface area contributed by atoms with Crippen LogP contribution < -0.4 is 22.8 Å². The summed E-state index contributed by atoms with van der Waals surface area (Å²) in [5.41, 5.74) is 16.9. The van der Waals surface area contributed by atoms with Crippen molar-refractivity contribution >= 4 is 40.1 Å². The van der Waals surface area contributed by atoms with E-state index >= 15 is 0 Å². The van der Waals surface area contributed by atoms with Crippen molar-refractivity contribution in [1.82, 2.24) is 24.5 Å². The number of anilines is 3. The highest BCUT2D eigenvalue weighted by atomic mass is 35.5. The molecule has 1 aliphatic carbocycles. The molecule has 0 saturated heterocycles. The van der Waals surface area contributed by atoms with Crippen LogP contribution in [0.3, 0.4) is 0 Å². The molecule has 4 aromatic rings. The number of nitrogens with two attached hydrogens (primary N) is 3. The highest BCUT2D eigenvalue weighted by Crippen LogP contribution is 2.33. The van der Waals surface area contributed by atoms with E-state index in [9.17, 15) is 9.18 Å². The van der Waals surface area contributed by atoms with Crippen molar-refractivity contribution in [1.29, 1.82) is 5.26 Å². The molecule has 5 rings (SSSR count). The maximum atomic E-state index is 14.0. The number of benzene rings is 1. The van der Waals surface area contributed by atoms with E-state index in [2.05, 4.69) is 19.9 Å². The molecule has 1 fully saturated rings. The first kappa shape index (κ1) is 23.8. The number of aromatic nitrogens is 5. The van der Waals surface area contributed by atoms with Gasteiger partial charge in [-0.15, -0.1) is 0 Å². The van der Waals surface area contributed by atoms with Gasteiger partial charge < -0.3 is 17.2 Å². The molecule has 178 valence electrons. The molecule has 3 heterocycles. The number of hydrogen-bond acceptors (Lipinski definition) is 9. The Morgan fingerprint density at radius 2 is 1.86 bits per heavy atom. The van der Waals surface area contributed by atoms with Gasteiger partial charge in [-0.25, -0.2) is 9.37 Å². The minimum atomic E-state index is -0.448. The average Bonchev–Trinajstić information content (AvgIpc) is 3.60. The van der Waals surface area contributed by atoms with Gasteiger partial charge in [-0.2, -0.15) is 15.2 Å². The maximum absolute atomic E-state index is 14.0. The molecule has 0 unspecified atom stereocenters. The number of hydrogen-bond donors (Lipinski definition) is 3. The van der Waals surface area contributed by atoms with Gasteiger partial charge in [0.25, 0.3) is 5.56 Å². The molecule has 12 heteroatoms. The third-order valence-corrected chi connectivity index (χ3v) is 5.86. The van der Waals surface area contributed by atoms with E-state index in [0.29, 0.717) is 45.3 Å². The summed E-state index contributed by atoms with van der Waals surface area (Å²) in [6, 6.07) is 6.97. The van der Waals surface area contributed by atoms with Gasteiger partial charge in [-0.1, -0.05) is 17.7 Å². The van der Waals surface area contributed by atoms with E-state index in [-0.39, 0.29) is 28.7 Å². The van der Waals surface area contributed by atoms with E-state index in [1.54, 1.807) is 31.2 Å². The van der Waals surface area contributed by atoms with E-state index in [0.717, 1.165) is 19.0 Å². The van der Waals surface area contributed by atoms with Gasteiger partial charge in [-0.05, 0) is 37.8 Å². The van der Waals surface area contributed by atoms with Gasteiger partial charge in [-0.3, -0.25) is 14.3 Å². The number of halogens is 2. The Morgan fingerprint density at radius 3 is 2.49 bits per heavy atom. The largest absolute Gasteiger partial charge is 0.382 e. The molecule has 0 amide bonds. The summed E-state index contributed by atoms with van der Waals surface area (Å²) in [4.78, 5) is 28.8. The van der Waals surface area contributed by atoms with Gasteiger partial charge in [0.05, 0.1) is 34.0 Å². The van der Waals surface area contributed by atoms with Crippen LogP contribution in [0.4, 0.5) is 22.0 Å². The lowest BCUT2D eigenvalue weighted by molar-refractivity contribution is 0.607. The summed E-state index contributed by atoms with van der Waals surface area (Å²) < 4.78 is 15.4. The highest BCUT2D eigenvalue weighted by molar-refractivity contribution is 6.35. The van der Waals surface area contributed by atoms with E-state index in [1.165, 1.54) is 10.8 Å². The summed E-state index contributed by atoms with van der Waals surface area (Å²) in [6.07, 6.45) is 5.59. The second kappa shape index (κ2) is 9.52. The minimum Gasteiger partial charge on any atom is -0.382 e. The SMILES string of the molecule is Cc1c(F)cncc1-n1c(CC2CC2)nc2cccc(Cl)c2c1=O.N#Cc1c(N)nc(N)nc1N. The first-order valence-corrected chi connectivity index (χ1v) is 11.0. The predicted molar refractivity (Wildman–Crippen MR) is 131 cm³/mol. The molecule has 10 nitrogen and oxygen atoms in total. The maximum Gasteiger partial charge on any atom is 0.267 e. The van der Waals surface area contributed by atoms with Crippen LogP contribution in [-0.2, 0) is 6.42 Å². The molecular formula is C23H21ClFN9O. The standard InChI is InChI=1S/C18H15ClFN3O.C5H6N6/c1-10-13(20)8-21-9-15(10)23-16(7-11-5-6-11)22-14-4-2-3-12(19)17(14)18(23)24;6-1-2-3(7)10-5(9)11-4(2)8/h2-4,8-9,11H,5-7H2,1H3;(H6,7,8,9,10,11). The van der Waals surface area contributed by atoms with E-state index < -0.39 is 5.82 Å². The molecule has 1 saturated carbocycles. The fourth-order valence-electron chi connectivity index (χ4n) is 3.55. The van der Waals surface area contributed by atoms with Gasteiger partial charge in [0.15, 0.2) is 0 Å². The van der Waals surface area contributed by atoms with Crippen LogP contribution in [0.5, 0.6) is 0 Å². The van der Waals surface area contributed by atoms with Crippen molar-refractivity contribution in [2.45, 2.75) is 26.2 Å². The average molecular weight is 494 g/mol. The second-order valence-electron chi connectivity index (χ2n) is 8.05. The summed E-state index contributed by atoms with van der Waals surface area (Å²) in [7, 11) is 0. The topological polar surface area (TPSA) is 175 Å². The van der Waals surface area contributed by atoms with Crippen LogP contribution in [0.15, 0.2) is 35.4 Å². The van der Waals surface area contributed by atoms with Crippen molar-refractivity contribution in [3.63, 3.8) is 0 Å². The second-order valence-corrected chi connectivity index (χ2v) is 8.46. The van der Waals surface area contributed by atoms with E-state index in [4.69, 9.17) is 34.1 Å². The molecule has 0 atom stereocenters. The zero-order valence-electron chi connectivity index (χ0n) is 18.7. The van der Waals surface area contributed by atoms with Crippen LogP contribution >= 0.6 is 11.6 Å². The van der Waals surface area contributed by atoms with Gasteiger partial charge in [0.2, 0.25) is 5.95 Å². The summed E-state index contributed by atoms with van der Waals surface area (Å²) in [5.74, 6) is 0.708. The molecule has 0 bridgehead atoms. The number of nitrogen functional groups attached to an aromatic ring is 3. The van der Waals surface area contributed by atoms with Crippen molar-refractivity contribution in [2.75, 3.05) is 17.2 Å². The highest BCUT2D eigenvalue weighted by Gasteiger charge is 2.26. The lowest BCUT2D eigenvalue weighted by atomic mass is 10.1. The fourth-order valence-corrected chi connectivity index (χ4v) is 3.80. The van der Waals surface area contributed by atoms with Crippen LogP contribution in [0.25, 0.3) is 16.6 Å². The number of fused-ring (bicyclic) bond motifs is 1. The Kier molecular flexibility index (Phi) is 6.48. The first-order chi connectivity index (χ1) is 16.7. The third kappa shape index (κ3) is 4.83. The molecule has 3 aromatic heterocycles. The van der Waals surface area contributed by atoms with Gasteiger partial charge in [0.1, 0.15) is 34.9 Å². The number of nitrogens with zero attached hydrogens (tertiary/aromatic N) is 6. The molecule has 35 heavy (non-hydrogen) atoms. The van der Waals surface area contributed by atoms with Crippen LogP contribution in [0.1, 0.15) is 29.8 Å². The molecule has 0 aliphatic heterocycles. The van der Waals surface area contributed by atoms with Gasteiger partial charge in [0, 0.05) is 12.0 Å². The van der Waals surface area contributed by atoms with Crippen molar-refractivity contribution in [2.24, 2.45) is 5.92 Å². The smallest absolute Gasteiger partial charge is 0.267 e. The fraction of sp³-hybridized carbons (Fsp3) is 0.217. The Hall–Kier alpha value is -4.30. The van der Waals surface area contributed by atoms with Crippen molar-refractivity contribution < 1.29 is 4.39 Å².